The zero-order chi connectivity index (χ0) is 27.0. The molecule has 0 spiro atoms. The van der Waals surface area contributed by atoms with Gasteiger partial charge < -0.3 is 15.6 Å². The van der Waals surface area contributed by atoms with Crippen LogP contribution in [0.4, 0.5) is 0 Å². The third-order valence-electron chi connectivity index (χ3n) is 5.73. The van der Waals surface area contributed by atoms with Gasteiger partial charge in [-0.2, -0.15) is 4.31 Å². The molecule has 0 saturated carbocycles. The second kappa shape index (κ2) is 12.9. The molecule has 1 atom stereocenters. The van der Waals surface area contributed by atoms with Crippen molar-refractivity contribution in [2.24, 2.45) is 11.6 Å². The lowest BCUT2D eigenvalue weighted by Gasteiger charge is -2.38. The van der Waals surface area contributed by atoms with Gasteiger partial charge in [0.05, 0.1) is 6.54 Å². The predicted molar refractivity (Wildman–Crippen MR) is 149 cm³/mol. The fraction of sp³-hybridized carbons (Fsp3) is 0.296. The lowest BCUT2D eigenvalue weighted by molar-refractivity contribution is 0.0642. The third-order valence-corrected chi connectivity index (χ3v) is 9.21. The number of nitrogens with zero attached hydrogens (tertiary/aromatic N) is 3. The summed E-state index contributed by atoms with van der Waals surface area (Å²) in [4.78, 5) is 15.2. The largest absolute Gasteiger partial charge is 0.401 e. The summed E-state index contributed by atoms with van der Waals surface area (Å²) >= 11 is 1.28. The minimum atomic E-state index is -3.49. The molecule has 0 bridgehead atoms. The van der Waals surface area contributed by atoms with E-state index in [1.807, 2.05) is 75.4 Å². The van der Waals surface area contributed by atoms with Gasteiger partial charge in [0.15, 0.2) is 0 Å². The number of thiophene rings is 1. The average Bonchev–Trinajstić information content (AvgIpc) is 3.31. The molecule has 2 aromatic carbocycles. The van der Waals surface area contributed by atoms with Crippen molar-refractivity contribution in [3.63, 3.8) is 0 Å². The predicted octanol–water partition coefficient (Wildman–Crippen LogP) is 3.77. The summed E-state index contributed by atoms with van der Waals surface area (Å²) in [5.41, 5.74) is 8.00. The quantitative estimate of drug-likeness (QED) is 0.363. The van der Waals surface area contributed by atoms with Crippen LogP contribution < -0.4 is 11.6 Å². The first-order chi connectivity index (χ1) is 17.6. The molecule has 0 aliphatic carbocycles. The number of nitrogens with two attached hydrogens (primary N) is 2. The van der Waals surface area contributed by atoms with Crippen LogP contribution in [0.1, 0.15) is 34.6 Å². The van der Waals surface area contributed by atoms with Crippen LogP contribution in [0.2, 0.25) is 0 Å². The maximum Gasteiger partial charge on any atom is 0.253 e. The zero-order valence-corrected chi connectivity index (χ0v) is 23.1. The van der Waals surface area contributed by atoms with E-state index in [0.717, 1.165) is 4.88 Å². The minimum Gasteiger partial charge on any atom is -0.401 e. The Morgan fingerprint density at radius 2 is 1.68 bits per heavy atom. The Morgan fingerprint density at radius 1 is 1.05 bits per heavy atom. The van der Waals surface area contributed by atoms with Crippen LogP contribution >= 0.6 is 11.3 Å². The van der Waals surface area contributed by atoms with E-state index in [4.69, 9.17) is 11.6 Å². The van der Waals surface area contributed by atoms with Crippen molar-refractivity contribution in [1.29, 1.82) is 0 Å². The maximum atomic E-state index is 12.8. The van der Waals surface area contributed by atoms with Gasteiger partial charge in [0.2, 0.25) is 0 Å². The van der Waals surface area contributed by atoms with Gasteiger partial charge in [-0.25, -0.2) is 14.3 Å². The first-order valence-electron chi connectivity index (χ1n) is 12.0. The molecule has 1 saturated heterocycles. The lowest BCUT2D eigenvalue weighted by atomic mass is 10.1. The van der Waals surface area contributed by atoms with Crippen molar-refractivity contribution < 1.29 is 13.2 Å². The number of piperazine rings is 1. The number of carbonyl (C=O) groups excluding carboxylic acids is 1. The standard InChI is InChI=1S/C17H20N2O3S2.C10H15N3/c1-13-12-18(17(20)15-6-4-3-5-7-15)10-11-19(13)24(21,22)16-9-8-14(2)23-16;1-9(11)7-13(12)8-10-5-3-2-4-6-10/h3-9,13H,10-12H2,1-2H3;2-7H,8,11-12H2,1H3/b;9-7-. The summed E-state index contributed by atoms with van der Waals surface area (Å²) in [7, 11) is -3.49. The van der Waals surface area contributed by atoms with Crippen LogP contribution in [-0.2, 0) is 16.6 Å². The van der Waals surface area contributed by atoms with E-state index in [9.17, 15) is 13.2 Å². The smallest absolute Gasteiger partial charge is 0.253 e. The summed E-state index contributed by atoms with van der Waals surface area (Å²) in [5, 5.41) is 1.57. The second-order valence-corrected chi connectivity index (χ2v) is 12.4. The number of hydrazine groups is 1. The fourth-order valence-corrected chi connectivity index (χ4v) is 7.04. The van der Waals surface area contributed by atoms with Gasteiger partial charge >= 0.3 is 0 Å². The molecule has 1 aliphatic rings. The first kappa shape index (κ1) is 28.4. The third kappa shape index (κ3) is 7.90. The van der Waals surface area contributed by atoms with Crippen LogP contribution in [0.25, 0.3) is 0 Å². The van der Waals surface area contributed by atoms with Crippen molar-refractivity contribution in [2.75, 3.05) is 19.6 Å². The number of hydrogen-bond acceptors (Lipinski definition) is 7. The van der Waals surface area contributed by atoms with Gasteiger partial charge in [0.25, 0.3) is 15.9 Å². The number of allylic oxidation sites excluding steroid dienone is 1. The van der Waals surface area contributed by atoms with Crippen molar-refractivity contribution in [3.05, 3.63) is 101 Å². The van der Waals surface area contributed by atoms with Gasteiger partial charge in [0, 0.05) is 48.0 Å². The number of aryl methyl sites for hydroxylation is 1. The highest BCUT2D eigenvalue weighted by Crippen LogP contribution is 2.27. The highest BCUT2D eigenvalue weighted by molar-refractivity contribution is 7.91. The van der Waals surface area contributed by atoms with Gasteiger partial charge in [-0.1, -0.05) is 48.5 Å². The van der Waals surface area contributed by atoms with Crippen LogP contribution in [0, 0.1) is 6.92 Å². The lowest BCUT2D eigenvalue weighted by Crippen LogP contribution is -2.55. The number of hydrogen-bond donors (Lipinski definition) is 2. The highest BCUT2D eigenvalue weighted by atomic mass is 32.2. The van der Waals surface area contributed by atoms with E-state index in [2.05, 4.69) is 0 Å². The van der Waals surface area contributed by atoms with E-state index < -0.39 is 10.0 Å². The molecule has 1 unspecified atom stereocenters. The Hall–Kier alpha value is -3.18. The number of amides is 1. The molecule has 1 amide bonds. The van der Waals surface area contributed by atoms with E-state index >= 15 is 0 Å². The summed E-state index contributed by atoms with van der Waals surface area (Å²) < 4.78 is 27.5. The van der Waals surface area contributed by atoms with Crippen molar-refractivity contribution in [3.8, 4) is 0 Å². The van der Waals surface area contributed by atoms with E-state index in [1.54, 1.807) is 34.3 Å². The summed E-state index contributed by atoms with van der Waals surface area (Å²) in [6, 6.07) is 22.3. The number of rotatable bonds is 6. The monoisotopic (exact) mass is 541 g/mol. The number of benzene rings is 2. The molecule has 1 aliphatic heterocycles. The fourth-order valence-electron chi connectivity index (χ4n) is 4.01. The molecule has 198 valence electrons. The molecule has 1 aromatic heterocycles. The topological polar surface area (TPSA) is 113 Å². The zero-order valence-electron chi connectivity index (χ0n) is 21.4. The summed E-state index contributed by atoms with van der Waals surface area (Å²) in [5.74, 6) is 5.63. The molecule has 0 radical (unpaired) electrons. The Labute approximate surface area is 223 Å². The van der Waals surface area contributed by atoms with Crippen molar-refractivity contribution >= 4 is 27.3 Å². The normalized spacial score (nSPS) is 16.6. The maximum absolute atomic E-state index is 12.8. The molecule has 37 heavy (non-hydrogen) atoms. The molecule has 8 nitrogen and oxygen atoms in total. The van der Waals surface area contributed by atoms with Gasteiger partial charge in [0.1, 0.15) is 4.21 Å². The highest BCUT2D eigenvalue weighted by Gasteiger charge is 2.36. The Balaban J connectivity index is 0.000000248. The Bertz CT molecular complexity index is 1290. The SMILES string of the molecule is C/C(N)=C/N(N)Cc1ccccc1.Cc1ccc(S(=O)(=O)N2CCN(C(=O)c3ccccc3)CC2C)s1. The van der Waals surface area contributed by atoms with Crippen LogP contribution in [0.3, 0.4) is 0 Å². The molecular formula is C27H35N5O3S2. The van der Waals surface area contributed by atoms with E-state index in [-0.39, 0.29) is 11.9 Å². The summed E-state index contributed by atoms with van der Waals surface area (Å²) in [6.07, 6.45) is 1.72. The average molecular weight is 542 g/mol. The molecule has 2 heterocycles. The molecular weight excluding hydrogens is 506 g/mol. The summed E-state index contributed by atoms with van der Waals surface area (Å²) in [6.45, 7) is 7.35. The Morgan fingerprint density at radius 3 is 2.22 bits per heavy atom. The molecule has 1 fully saturated rings. The van der Waals surface area contributed by atoms with Gasteiger partial charge in [-0.05, 0) is 50.6 Å². The molecule has 3 aromatic rings. The van der Waals surface area contributed by atoms with Gasteiger partial charge in [-0.15, -0.1) is 11.3 Å². The van der Waals surface area contributed by atoms with Gasteiger partial charge in [-0.3, -0.25) is 4.79 Å². The van der Waals surface area contributed by atoms with E-state index in [0.29, 0.717) is 41.6 Å². The van der Waals surface area contributed by atoms with Crippen molar-refractivity contribution in [2.45, 2.75) is 37.6 Å². The first-order valence-corrected chi connectivity index (χ1v) is 14.3. The van der Waals surface area contributed by atoms with Crippen molar-refractivity contribution in [1.82, 2.24) is 14.2 Å². The van der Waals surface area contributed by atoms with Crippen LogP contribution in [0.5, 0.6) is 0 Å². The Kier molecular flexibility index (Phi) is 9.87. The molecule has 4 N–H and O–H groups in total. The number of carbonyl (C=O) groups is 1. The minimum absolute atomic E-state index is 0.0496. The second-order valence-electron chi connectivity index (χ2n) is 8.98. The van der Waals surface area contributed by atoms with Crippen LogP contribution in [-0.4, -0.2) is 54.2 Å². The van der Waals surface area contributed by atoms with Crippen LogP contribution in [0.15, 0.2) is 88.9 Å². The molecule has 4 rings (SSSR count). The number of sulfonamides is 1. The van der Waals surface area contributed by atoms with E-state index in [1.165, 1.54) is 21.2 Å². The molecule has 10 heteroatoms.